The van der Waals surface area contributed by atoms with Crippen molar-refractivity contribution in [2.24, 2.45) is 13.0 Å². The van der Waals surface area contributed by atoms with Crippen LogP contribution < -0.4 is 4.74 Å². The van der Waals surface area contributed by atoms with E-state index in [1.807, 2.05) is 11.7 Å². The summed E-state index contributed by atoms with van der Waals surface area (Å²) in [6, 6.07) is 0. The van der Waals surface area contributed by atoms with Crippen LogP contribution in [0.2, 0.25) is 0 Å². The van der Waals surface area contributed by atoms with Crippen LogP contribution in [0.15, 0.2) is 6.20 Å². The predicted octanol–water partition coefficient (Wildman–Crippen LogP) is 2.78. The molecule has 1 rings (SSSR count). The molecule has 0 aromatic carbocycles. The minimum Gasteiger partial charge on any atom is -0.493 e. The Morgan fingerprint density at radius 3 is 2.73 bits per heavy atom. The summed E-state index contributed by atoms with van der Waals surface area (Å²) in [5.74, 6) is 1.55. The van der Waals surface area contributed by atoms with E-state index in [1.165, 1.54) is 5.69 Å². The van der Waals surface area contributed by atoms with Crippen LogP contribution in [0.4, 0.5) is 0 Å². The Labute approximate surface area is 99.9 Å². The van der Waals surface area contributed by atoms with E-state index in [2.05, 4.69) is 34.9 Å². The van der Waals surface area contributed by atoms with Crippen molar-refractivity contribution >= 4 is 15.9 Å². The van der Waals surface area contributed by atoms with Crippen molar-refractivity contribution in [2.45, 2.75) is 31.5 Å². The van der Waals surface area contributed by atoms with Gasteiger partial charge in [-0.3, -0.25) is 4.68 Å². The third-order valence-corrected chi connectivity index (χ3v) is 4.14. The first-order valence-corrected chi connectivity index (χ1v) is 6.16. The highest BCUT2D eigenvalue weighted by atomic mass is 79.9. The fourth-order valence-corrected chi connectivity index (χ4v) is 1.74. The summed E-state index contributed by atoms with van der Waals surface area (Å²) in [6.45, 7) is 4.44. The maximum Gasteiger partial charge on any atom is 0.159 e. The van der Waals surface area contributed by atoms with E-state index in [9.17, 15) is 0 Å². The highest BCUT2D eigenvalue weighted by molar-refractivity contribution is 9.09. The topological polar surface area (TPSA) is 27.1 Å². The molecular weight excluding hydrogens is 256 g/mol. The number of rotatable bonds is 5. The van der Waals surface area contributed by atoms with Gasteiger partial charge in [0.25, 0.3) is 0 Å². The Kier molecular flexibility index (Phi) is 4.64. The zero-order chi connectivity index (χ0) is 11.4. The Balaban J connectivity index is 2.60. The van der Waals surface area contributed by atoms with Gasteiger partial charge >= 0.3 is 0 Å². The molecule has 0 radical (unpaired) electrons. The monoisotopic (exact) mass is 274 g/mol. The third-order valence-electron chi connectivity index (χ3n) is 2.62. The second-order valence-electron chi connectivity index (χ2n) is 4.08. The molecule has 0 aliphatic heterocycles. The van der Waals surface area contributed by atoms with Gasteiger partial charge < -0.3 is 4.74 Å². The van der Waals surface area contributed by atoms with Crippen LogP contribution in [0.1, 0.15) is 26.0 Å². The number of ether oxygens (including phenoxy) is 1. The van der Waals surface area contributed by atoms with E-state index in [0.717, 1.165) is 18.6 Å². The number of methoxy groups -OCH3 is 1. The zero-order valence-electron chi connectivity index (χ0n) is 9.83. The number of hydrogen-bond acceptors (Lipinski definition) is 2. The summed E-state index contributed by atoms with van der Waals surface area (Å²) in [5.41, 5.74) is 1.17. The smallest absolute Gasteiger partial charge is 0.159 e. The number of aromatic nitrogens is 2. The fraction of sp³-hybridized carbons (Fsp3) is 0.727. The normalized spacial score (nSPS) is 13.2. The van der Waals surface area contributed by atoms with Gasteiger partial charge in [0.05, 0.1) is 19.0 Å². The van der Waals surface area contributed by atoms with Crippen molar-refractivity contribution in [1.29, 1.82) is 0 Å². The average Bonchev–Trinajstić information content (AvgIpc) is 2.55. The summed E-state index contributed by atoms with van der Waals surface area (Å²) in [7, 11) is 3.64. The molecular formula is C11H19BrN2O. The maximum atomic E-state index is 5.26. The van der Waals surface area contributed by atoms with E-state index < -0.39 is 0 Å². The SMILES string of the molecule is COc1cnn(C)c1CCC(Br)C(C)C. The summed E-state index contributed by atoms with van der Waals surface area (Å²) in [5, 5.41) is 4.19. The van der Waals surface area contributed by atoms with Crippen LogP contribution in [-0.2, 0) is 13.5 Å². The lowest BCUT2D eigenvalue weighted by molar-refractivity contribution is 0.406. The summed E-state index contributed by atoms with van der Waals surface area (Å²) >= 11 is 3.69. The number of hydrogen-bond donors (Lipinski definition) is 0. The fourth-order valence-electron chi connectivity index (χ4n) is 1.51. The molecule has 0 saturated carbocycles. The second-order valence-corrected chi connectivity index (χ2v) is 5.26. The van der Waals surface area contributed by atoms with Crippen molar-refractivity contribution in [3.8, 4) is 5.75 Å². The van der Waals surface area contributed by atoms with Crippen LogP contribution in [0.5, 0.6) is 5.75 Å². The highest BCUT2D eigenvalue weighted by Gasteiger charge is 2.13. The number of halogens is 1. The predicted molar refractivity (Wildman–Crippen MR) is 65.6 cm³/mol. The molecule has 0 amide bonds. The summed E-state index contributed by atoms with van der Waals surface area (Å²) in [4.78, 5) is 0.553. The molecule has 0 saturated heterocycles. The Bertz CT molecular complexity index is 310. The Hall–Kier alpha value is -0.510. The number of alkyl halides is 1. The van der Waals surface area contributed by atoms with Gasteiger partial charge in [-0.05, 0) is 18.8 Å². The van der Waals surface area contributed by atoms with Gasteiger partial charge in [-0.2, -0.15) is 5.10 Å². The molecule has 0 fully saturated rings. The van der Waals surface area contributed by atoms with Gasteiger partial charge in [0, 0.05) is 11.9 Å². The molecule has 0 aliphatic carbocycles. The molecule has 1 aromatic rings. The first-order valence-electron chi connectivity index (χ1n) is 5.25. The van der Waals surface area contributed by atoms with E-state index in [-0.39, 0.29) is 0 Å². The molecule has 1 atom stereocenters. The molecule has 0 bridgehead atoms. The Morgan fingerprint density at radius 2 is 2.20 bits per heavy atom. The molecule has 1 unspecified atom stereocenters. The summed E-state index contributed by atoms with van der Waals surface area (Å²) in [6.07, 6.45) is 3.87. The number of nitrogens with zero attached hydrogens (tertiary/aromatic N) is 2. The molecule has 86 valence electrons. The van der Waals surface area contributed by atoms with Crippen LogP contribution in [0.25, 0.3) is 0 Å². The van der Waals surface area contributed by atoms with Crippen LogP contribution in [0.3, 0.4) is 0 Å². The van der Waals surface area contributed by atoms with Crippen LogP contribution >= 0.6 is 15.9 Å². The lowest BCUT2D eigenvalue weighted by atomic mass is 10.0. The first-order chi connectivity index (χ1) is 7.06. The number of aryl methyl sites for hydroxylation is 1. The standard InChI is InChI=1S/C11H19BrN2O/c1-8(2)9(12)5-6-10-11(15-4)7-13-14(10)3/h7-9H,5-6H2,1-4H3. The van der Waals surface area contributed by atoms with Crippen LogP contribution in [-0.4, -0.2) is 21.7 Å². The molecule has 4 heteroatoms. The second kappa shape index (κ2) is 5.54. The van der Waals surface area contributed by atoms with Crippen molar-refractivity contribution in [3.63, 3.8) is 0 Å². The van der Waals surface area contributed by atoms with Crippen molar-refractivity contribution in [1.82, 2.24) is 9.78 Å². The van der Waals surface area contributed by atoms with Gasteiger partial charge in [-0.25, -0.2) is 0 Å². The first kappa shape index (κ1) is 12.6. The molecule has 0 aliphatic rings. The van der Waals surface area contributed by atoms with E-state index in [1.54, 1.807) is 13.3 Å². The van der Waals surface area contributed by atoms with Gasteiger partial charge in [0.2, 0.25) is 0 Å². The van der Waals surface area contributed by atoms with Crippen molar-refractivity contribution in [2.75, 3.05) is 7.11 Å². The molecule has 3 nitrogen and oxygen atoms in total. The molecule has 0 N–H and O–H groups in total. The molecule has 0 spiro atoms. The summed E-state index contributed by atoms with van der Waals surface area (Å²) < 4.78 is 7.15. The minimum atomic E-state index is 0.553. The van der Waals surface area contributed by atoms with Gasteiger partial charge in [-0.15, -0.1) is 0 Å². The molecule has 15 heavy (non-hydrogen) atoms. The maximum absolute atomic E-state index is 5.26. The quantitative estimate of drug-likeness (QED) is 0.773. The van der Waals surface area contributed by atoms with Gasteiger partial charge in [0.1, 0.15) is 0 Å². The minimum absolute atomic E-state index is 0.553. The van der Waals surface area contributed by atoms with E-state index in [4.69, 9.17) is 4.74 Å². The van der Waals surface area contributed by atoms with Crippen molar-refractivity contribution < 1.29 is 4.74 Å². The lowest BCUT2D eigenvalue weighted by Crippen LogP contribution is -2.10. The van der Waals surface area contributed by atoms with Gasteiger partial charge in [0.15, 0.2) is 5.75 Å². The Morgan fingerprint density at radius 1 is 1.53 bits per heavy atom. The largest absolute Gasteiger partial charge is 0.493 e. The zero-order valence-corrected chi connectivity index (χ0v) is 11.4. The molecule has 1 heterocycles. The molecule has 1 aromatic heterocycles. The van der Waals surface area contributed by atoms with E-state index in [0.29, 0.717) is 10.7 Å². The van der Waals surface area contributed by atoms with Crippen molar-refractivity contribution in [3.05, 3.63) is 11.9 Å². The van der Waals surface area contributed by atoms with E-state index >= 15 is 0 Å². The third kappa shape index (κ3) is 3.23. The highest BCUT2D eigenvalue weighted by Crippen LogP contribution is 2.23. The average molecular weight is 275 g/mol. The lowest BCUT2D eigenvalue weighted by Gasteiger charge is -2.13. The van der Waals surface area contributed by atoms with Crippen LogP contribution in [0, 0.1) is 5.92 Å². The van der Waals surface area contributed by atoms with Gasteiger partial charge in [-0.1, -0.05) is 29.8 Å².